The van der Waals surface area contributed by atoms with Gasteiger partial charge in [-0.05, 0) is 35.1 Å². The molecule has 0 bridgehead atoms. The van der Waals surface area contributed by atoms with E-state index >= 15 is 0 Å². The standard InChI is InChI=1S/C18H26O3/c1-6-7-13(9-11-17(19)20)14-8-10-16(21-5)15(12-14)18(2,3)4/h8-10,12H,6-7,11H2,1-5H3,(H,19,20)/b13-9+. The number of carbonyl (C=O) groups is 1. The fraction of sp³-hybridized carbons (Fsp3) is 0.500. The molecular formula is C18H26O3. The van der Waals surface area contributed by atoms with E-state index in [2.05, 4.69) is 33.8 Å². The van der Waals surface area contributed by atoms with Crippen molar-refractivity contribution in [2.75, 3.05) is 7.11 Å². The number of allylic oxidation sites excluding steroid dienone is 1. The predicted molar refractivity (Wildman–Crippen MR) is 86.8 cm³/mol. The lowest BCUT2D eigenvalue weighted by atomic mass is 9.84. The van der Waals surface area contributed by atoms with Gasteiger partial charge in [-0.2, -0.15) is 0 Å². The number of carboxylic acids is 1. The molecule has 0 atom stereocenters. The summed E-state index contributed by atoms with van der Waals surface area (Å²) in [6.07, 6.45) is 3.75. The van der Waals surface area contributed by atoms with Gasteiger partial charge in [-0.15, -0.1) is 0 Å². The average molecular weight is 290 g/mol. The molecule has 0 unspecified atom stereocenters. The third kappa shape index (κ3) is 4.92. The van der Waals surface area contributed by atoms with Gasteiger partial charge in [-0.25, -0.2) is 0 Å². The van der Waals surface area contributed by atoms with Gasteiger partial charge in [0.2, 0.25) is 0 Å². The van der Waals surface area contributed by atoms with Crippen LogP contribution in [0.4, 0.5) is 0 Å². The predicted octanol–water partition coefficient (Wildman–Crippen LogP) is 4.65. The molecule has 0 aromatic heterocycles. The largest absolute Gasteiger partial charge is 0.496 e. The zero-order valence-electron chi connectivity index (χ0n) is 13.7. The van der Waals surface area contributed by atoms with Crippen LogP contribution in [0, 0.1) is 0 Å². The minimum atomic E-state index is -0.798. The van der Waals surface area contributed by atoms with Gasteiger partial charge in [0.25, 0.3) is 0 Å². The third-order valence-corrected chi connectivity index (χ3v) is 3.42. The molecular weight excluding hydrogens is 264 g/mol. The summed E-state index contributed by atoms with van der Waals surface area (Å²) in [7, 11) is 1.68. The van der Waals surface area contributed by atoms with E-state index in [1.165, 1.54) is 0 Å². The van der Waals surface area contributed by atoms with Crippen molar-refractivity contribution in [3.05, 3.63) is 35.4 Å². The Balaban J connectivity index is 3.27. The first-order chi connectivity index (χ1) is 9.79. The number of methoxy groups -OCH3 is 1. The van der Waals surface area contributed by atoms with Crippen LogP contribution >= 0.6 is 0 Å². The van der Waals surface area contributed by atoms with E-state index in [-0.39, 0.29) is 11.8 Å². The van der Waals surface area contributed by atoms with Crippen molar-refractivity contribution in [1.82, 2.24) is 0 Å². The molecule has 0 saturated heterocycles. The Bertz CT molecular complexity index is 522. The lowest BCUT2D eigenvalue weighted by molar-refractivity contribution is -0.135. The van der Waals surface area contributed by atoms with Gasteiger partial charge in [0.1, 0.15) is 5.75 Å². The number of benzene rings is 1. The number of hydrogen-bond donors (Lipinski definition) is 1. The van der Waals surface area contributed by atoms with Crippen LogP contribution in [0.5, 0.6) is 5.75 Å². The van der Waals surface area contributed by atoms with Crippen molar-refractivity contribution in [3.63, 3.8) is 0 Å². The molecule has 0 fully saturated rings. The van der Waals surface area contributed by atoms with E-state index in [0.717, 1.165) is 35.3 Å². The summed E-state index contributed by atoms with van der Waals surface area (Å²) in [4.78, 5) is 10.8. The number of ether oxygens (including phenoxy) is 1. The topological polar surface area (TPSA) is 46.5 Å². The van der Waals surface area contributed by atoms with Crippen molar-refractivity contribution < 1.29 is 14.6 Å². The number of hydrogen-bond acceptors (Lipinski definition) is 2. The minimum absolute atomic E-state index is 0.0223. The summed E-state index contributed by atoms with van der Waals surface area (Å²) in [6, 6.07) is 6.11. The highest BCUT2D eigenvalue weighted by Crippen LogP contribution is 2.34. The lowest BCUT2D eigenvalue weighted by Gasteiger charge is -2.23. The minimum Gasteiger partial charge on any atom is -0.496 e. The molecule has 0 aliphatic carbocycles. The second kappa shape index (κ2) is 7.30. The van der Waals surface area contributed by atoms with E-state index < -0.39 is 5.97 Å². The summed E-state index contributed by atoms with van der Waals surface area (Å²) in [6.45, 7) is 8.54. The van der Waals surface area contributed by atoms with Gasteiger partial charge >= 0.3 is 5.97 Å². The molecule has 1 N–H and O–H groups in total. The molecule has 3 heteroatoms. The van der Waals surface area contributed by atoms with Crippen LogP contribution in [0.25, 0.3) is 5.57 Å². The SMILES string of the molecule is CCC/C(=C\CC(=O)O)c1ccc(OC)c(C(C)(C)C)c1. The van der Waals surface area contributed by atoms with Crippen molar-refractivity contribution in [2.24, 2.45) is 0 Å². The summed E-state index contributed by atoms with van der Waals surface area (Å²) >= 11 is 0. The van der Waals surface area contributed by atoms with Gasteiger partial charge in [0, 0.05) is 5.56 Å². The highest BCUT2D eigenvalue weighted by molar-refractivity contribution is 5.74. The zero-order chi connectivity index (χ0) is 16.0. The maximum atomic E-state index is 10.8. The Hall–Kier alpha value is -1.77. The first-order valence-corrected chi connectivity index (χ1v) is 7.39. The molecule has 1 aromatic carbocycles. The second-order valence-electron chi connectivity index (χ2n) is 6.24. The summed E-state index contributed by atoms with van der Waals surface area (Å²) in [5.41, 5.74) is 3.29. The molecule has 0 spiro atoms. The van der Waals surface area contributed by atoms with Gasteiger partial charge in [-0.3, -0.25) is 4.79 Å². The molecule has 0 radical (unpaired) electrons. The molecule has 0 amide bonds. The third-order valence-electron chi connectivity index (χ3n) is 3.42. The molecule has 116 valence electrons. The molecule has 1 aromatic rings. The van der Waals surface area contributed by atoms with Crippen LogP contribution in [0.3, 0.4) is 0 Å². The van der Waals surface area contributed by atoms with E-state index in [1.54, 1.807) is 7.11 Å². The Kier molecular flexibility index (Phi) is 6.01. The number of carboxylic acid groups (broad SMARTS) is 1. The zero-order valence-corrected chi connectivity index (χ0v) is 13.7. The molecule has 0 saturated carbocycles. The van der Waals surface area contributed by atoms with E-state index in [4.69, 9.17) is 9.84 Å². The van der Waals surface area contributed by atoms with Crippen LogP contribution in [0.2, 0.25) is 0 Å². The molecule has 1 rings (SSSR count). The fourth-order valence-electron chi connectivity index (χ4n) is 2.34. The number of aliphatic carboxylic acids is 1. The van der Waals surface area contributed by atoms with E-state index in [1.807, 2.05) is 18.2 Å². The quantitative estimate of drug-likeness (QED) is 0.829. The van der Waals surface area contributed by atoms with Gasteiger partial charge < -0.3 is 9.84 Å². The molecule has 0 heterocycles. The van der Waals surface area contributed by atoms with Crippen molar-refractivity contribution in [1.29, 1.82) is 0 Å². The normalized spacial score (nSPS) is 12.3. The Morgan fingerprint density at radius 1 is 1.33 bits per heavy atom. The van der Waals surface area contributed by atoms with Crippen molar-refractivity contribution in [3.8, 4) is 5.75 Å². The van der Waals surface area contributed by atoms with Crippen LogP contribution in [-0.2, 0) is 10.2 Å². The first kappa shape index (κ1) is 17.3. The monoisotopic (exact) mass is 290 g/mol. The summed E-state index contributed by atoms with van der Waals surface area (Å²) < 4.78 is 5.45. The average Bonchev–Trinajstić information content (AvgIpc) is 2.41. The Labute approximate surface area is 127 Å². The number of rotatable bonds is 6. The van der Waals surface area contributed by atoms with Crippen LogP contribution in [0.15, 0.2) is 24.3 Å². The lowest BCUT2D eigenvalue weighted by Crippen LogP contribution is -2.13. The van der Waals surface area contributed by atoms with Gasteiger partial charge in [0.05, 0.1) is 13.5 Å². The van der Waals surface area contributed by atoms with Crippen LogP contribution < -0.4 is 4.74 Å². The van der Waals surface area contributed by atoms with E-state index in [9.17, 15) is 4.79 Å². The molecule has 0 aliphatic rings. The van der Waals surface area contributed by atoms with Gasteiger partial charge in [0.15, 0.2) is 0 Å². The van der Waals surface area contributed by atoms with Crippen molar-refractivity contribution in [2.45, 2.75) is 52.4 Å². The molecule has 0 aliphatic heterocycles. The summed E-state index contributed by atoms with van der Waals surface area (Å²) in [5, 5.41) is 8.88. The maximum Gasteiger partial charge on any atom is 0.307 e. The fourth-order valence-corrected chi connectivity index (χ4v) is 2.34. The molecule has 21 heavy (non-hydrogen) atoms. The second-order valence-corrected chi connectivity index (χ2v) is 6.24. The highest BCUT2D eigenvalue weighted by atomic mass is 16.5. The maximum absolute atomic E-state index is 10.8. The summed E-state index contributed by atoms with van der Waals surface area (Å²) in [5.74, 6) is 0.0773. The van der Waals surface area contributed by atoms with E-state index in [0.29, 0.717) is 0 Å². The Morgan fingerprint density at radius 2 is 2.00 bits per heavy atom. The van der Waals surface area contributed by atoms with Crippen LogP contribution in [-0.4, -0.2) is 18.2 Å². The highest BCUT2D eigenvalue weighted by Gasteiger charge is 2.19. The molecule has 3 nitrogen and oxygen atoms in total. The van der Waals surface area contributed by atoms with Crippen molar-refractivity contribution >= 4 is 11.5 Å². The first-order valence-electron chi connectivity index (χ1n) is 7.39. The van der Waals surface area contributed by atoms with Crippen LogP contribution in [0.1, 0.15) is 58.1 Å². The Morgan fingerprint density at radius 3 is 2.48 bits per heavy atom. The smallest absolute Gasteiger partial charge is 0.307 e. The van der Waals surface area contributed by atoms with Gasteiger partial charge in [-0.1, -0.05) is 46.3 Å².